The molecular formula is C26H20ClNO6. The molecule has 0 saturated carbocycles. The fourth-order valence-corrected chi connectivity index (χ4v) is 4.16. The summed E-state index contributed by atoms with van der Waals surface area (Å²) < 4.78 is 5.21. The van der Waals surface area contributed by atoms with Crippen LogP contribution >= 0.6 is 11.6 Å². The van der Waals surface area contributed by atoms with Crippen molar-refractivity contribution >= 4 is 40.7 Å². The molecule has 1 aliphatic heterocycles. The summed E-state index contributed by atoms with van der Waals surface area (Å²) in [5.74, 6) is -2.65. The summed E-state index contributed by atoms with van der Waals surface area (Å²) in [5, 5.41) is 20.4. The van der Waals surface area contributed by atoms with Crippen molar-refractivity contribution in [2.45, 2.75) is 12.5 Å². The number of nitrogens with zero attached hydrogens (tertiary/aromatic N) is 1. The van der Waals surface area contributed by atoms with E-state index in [0.717, 1.165) is 0 Å². The molecule has 0 bridgehead atoms. The van der Waals surface area contributed by atoms with Gasteiger partial charge in [-0.3, -0.25) is 19.3 Å². The van der Waals surface area contributed by atoms with Crippen molar-refractivity contribution in [1.82, 2.24) is 0 Å². The lowest BCUT2D eigenvalue weighted by Crippen LogP contribution is -2.29. The van der Waals surface area contributed by atoms with Crippen LogP contribution in [0.4, 0.5) is 5.69 Å². The largest absolute Gasteiger partial charge is 0.507 e. The van der Waals surface area contributed by atoms with Crippen LogP contribution in [-0.4, -0.2) is 35.0 Å². The number of halogens is 1. The first-order chi connectivity index (χ1) is 16.3. The number of carboxylic acid groups (broad SMARTS) is 1. The van der Waals surface area contributed by atoms with Gasteiger partial charge in [-0.1, -0.05) is 54.1 Å². The van der Waals surface area contributed by atoms with Crippen LogP contribution in [0.3, 0.4) is 0 Å². The smallest absolute Gasteiger partial charge is 0.307 e. The number of aliphatic carboxylic acids is 1. The Morgan fingerprint density at radius 2 is 1.68 bits per heavy atom. The third kappa shape index (κ3) is 4.25. The maximum Gasteiger partial charge on any atom is 0.307 e. The molecule has 0 aliphatic carbocycles. The molecule has 1 unspecified atom stereocenters. The standard InChI is InChI=1S/C26H20ClNO6/c1-34-18-11-12-20(27)19(14-18)24(31)22-23(16-5-3-2-4-6-16)28(26(33)25(22)32)17-9-7-15(8-10-17)13-21(29)30/h2-12,14,23,31H,13H2,1H3,(H,29,30)/b24-22+. The van der Waals surface area contributed by atoms with Crippen LogP contribution in [0.25, 0.3) is 5.76 Å². The van der Waals surface area contributed by atoms with Gasteiger partial charge >= 0.3 is 5.97 Å². The number of carbonyl (C=O) groups excluding carboxylic acids is 2. The van der Waals surface area contributed by atoms with Crippen LogP contribution in [0.15, 0.2) is 78.4 Å². The molecular weight excluding hydrogens is 458 g/mol. The molecule has 1 saturated heterocycles. The van der Waals surface area contributed by atoms with Crippen LogP contribution < -0.4 is 9.64 Å². The minimum Gasteiger partial charge on any atom is -0.507 e. The van der Waals surface area contributed by atoms with Gasteiger partial charge in [0.15, 0.2) is 0 Å². The summed E-state index contributed by atoms with van der Waals surface area (Å²) in [4.78, 5) is 38.7. The molecule has 172 valence electrons. The highest BCUT2D eigenvalue weighted by Crippen LogP contribution is 2.43. The number of aliphatic hydroxyl groups excluding tert-OH is 1. The number of Topliss-reactive ketones (excluding diaryl/α,β-unsaturated/α-hetero) is 1. The number of hydrogen-bond donors (Lipinski definition) is 2. The van der Waals surface area contributed by atoms with Gasteiger partial charge in [-0.2, -0.15) is 0 Å². The van der Waals surface area contributed by atoms with E-state index >= 15 is 0 Å². The molecule has 0 spiro atoms. The van der Waals surface area contributed by atoms with E-state index in [9.17, 15) is 19.5 Å². The van der Waals surface area contributed by atoms with Crippen LogP contribution in [-0.2, 0) is 20.8 Å². The van der Waals surface area contributed by atoms with Gasteiger partial charge < -0.3 is 14.9 Å². The predicted octanol–water partition coefficient (Wildman–Crippen LogP) is 4.60. The number of carboxylic acids is 1. The second-order valence-corrected chi connectivity index (χ2v) is 8.07. The number of amides is 1. The van der Waals surface area contributed by atoms with E-state index in [1.807, 2.05) is 0 Å². The lowest BCUT2D eigenvalue weighted by Gasteiger charge is -2.25. The Morgan fingerprint density at radius 3 is 2.29 bits per heavy atom. The Balaban J connectivity index is 1.89. The number of ketones is 1. The van der Waals surface area contributed by atoms with Gasteiger partial charge in [-0.05, 0) is 41.5 Å². The number of carbonyl (C=O) groups is 3. The molecule has 1 heterocycles. The van der Waals surface area contributed by atoms with Crippen molar-refractivity contribution in [2.24, 2.45) is 0 Å². The predicted molar refractivity (Wildman–Crippen MR) is 127 cm³/mol. The maximum atomic E-state index is 13.2. The van der Waals surface area contributed by atoms with Crippen molar-refractivity contribution in [1.29, 1.82) is 0 Å². The van der Waals surface area contributed by atoms with E-state index in [0.29, 0.717) is 22.6 Å². The Morgan fingerprint density at radius 1 is 1.00 bits per heavy atom. The summed E-state index contributed by atoms with van der Waals surface area (Å²) >= 11 is 6.31. The highest BCUT2D eigenvalue weighted by atomic mass is 35.5. The summed E-state index contributed by atoms with van der Waals surface area (Å²) in [6.07, 6.45) is -0.171. The quantitative estimate of drug-likeness (QED) is 0.305. The highest BCUT2D eigenvalue weighted by molar-refractivity contribution is 6.52. The molecule has 3 aromatic rings. The van der Waals surface area contributed by atoms with Gasteiger partial charge in [0.1, 0.15) is 11.5 Å². The Hall–Kier alpha value is -4.10. The van der Waals surface area contributed by atoms with Crippen molar-refractivity contribution in [3.63, 3.8) is 0 Å². The van der Waals surface area contributed by atoms with Gasteiger partial charge in [0, 0.05) is 11.3 Å². The zero-order chi connectivity index (χ0) is 24.4. The molecule has 1 fully saturated rings. The second kappa shape index (κ2) is 9.41. The van der Waals surface area contributed by atoms with Crippen LogP contribution in [0, 0.1) is 0 Å². The van der Waals surface area contributed by atoms with Gasteiger partial charge in [0.05, 0.1) is 30.2 Å². The van der Waals surface area contributed by atoms with E-state index in [4.69, 9.17) is 21.4 Å². The molecule has 4 rings (SSSR count). The molecule has 1 aliphatic rings. The van der Waals surface area contributed by atoms with Crippen LogP contribution in [0.1, 0.15) is 22.7 Å². The highest BCUT2D eigenvalue weighted by Gasteiger charge is 2.47. The maximum absolute atomic E-state index is 13.2. The summed E-state index contributed by atoms with van der Waals surface area (Å²) in [7, 11) is 1.46. The Bertz CT molecular complexity index is 1300. The topological polar surface area (TPSA) is 104 Å². The third-order valence-electron chi connectivity index (χ3n) is 5.56. The molecule has 1 atom stereocenters. The zero-order valence-electron chi connectivity index (χ0n) is 18.1. The second-order valence-electron chi connectivity index (χ2n) is 7.66. The number of rotatable bonds is 6. The number of aliphatic hydroxyl groups is 1. The average Bonchev–Trinajstić information content (AvgIpc) is 3.10. The SMILES string of the molecule is COc1ccc(Cl)c(/C(O)=C2\C(=O)C(=O)N(c3ccc(CC(=O)O)cc3)C2c2ccccc2)c1. The van der Waals surface area contributed by atoms with Gasteiger partial charge in [-0.15, -0.1) is 0 Å². The molecule has 7 nitrogen and oxygen atoms in total. The van der Waals surface area contributed by atoms with E-state index in [1.54, 1.807) is 60.7 Å². The van der Waals surface area contributed by atoms with E-state index in [-0.39, 0.29) is 22.6 Å². The van der Waals surface area contributed by atoms with Gasteiger partial charge in [0.25, 0.3) is 11.7 Å². The Labute approximate surface area is 200 Å². The van der Waals surface area contributed by atoms with Gasteiger partial charge in [-0.25, -0.2) is 0 Å². The lowest BCUT2D eigenvalue weighted by atomic mass is 9.95. The molecule has 34 heavy (non-hydrogen) atoms. The fraction of sp³-hybridized carbons (Fsp3) is 0.115. The first-order valence-electron chi connectivity index (χ1n) is 10.3. The van der Waals surface area contributed by atoms with E-state index in [1.165, 1.54) is 24.1 Å². The van der Waals surface area contributed by atoms with Gasteiger partial charge in [0.2, 0.25) is 0 Å². The van der Waals surface area contributed by atoms with Crippen LogP contribution in [0.5, 0.6) is 5.75 Å². The summed E-state index contributed by atoms with van der Waals surface area (Å²) in [6, 6.07) is 18.9. The zero-order valence-corrected chi connectivity index (χ0v) is 18.8. The molecule has 0 radical (unpaired) electrons. The average molecular weight is 478 g/mol. The van der Waals surface area contributed by atoms with Crippen molar-refractivity contribution in [3.8, 4) is 5.75 Å². The number of ether oxygens (including phenoxy) is 1. The number of methoxy groups -OCH3 is 1. The lowest BCUT2D eigenvalue weighted by molar-refractivity contribution is -0.136. The van der Waals surface area contributed by atoms with Crippen LogP contribution in [0.2, 0.25) is 5.02 Å². The molecule has 2 N–H and O–H groups in total. The molecule has 3 aromatic carbocycles. The molecule has 1 amide bonds. The summed E-state index contributed by atoms with van der Waals surface area (Å²) in [5.41, 5.74) is 1.60. The minimum absolute atomic E-state index is 0.110. The fourth-order valence-electron chi connectivity index (χ4n) is 3.96. The first-order valence-corrected chi connectivity index (χ1v) is 10.7. The van der Waals surface area contributed by atoms with Crippen molar-refractivity contribution in [3.05, 3.63) is 100 Å². The van der Waals surface area contributed by atoms with E-state index < -0.39 is 29.5 Å². The van der Waals surface area contributed by atoms with E-state index in [2.05, 4.69) is 0 Å². The number of benzene rings is 3. The van der Waals surface area contributed by atoms with Crippen molar-refractivity contribution < 1.29 is 29.3 Å². The van der Waals surface area contributed by atoms with Crippen molar-refractivity contribution in [2.75, 3.05) is 12.0 Å². The molecule has 8 heteroatoms. The third-order valence-corrected chi connectivity index (χ3v) is 5.89. The number of hydrogen-bond acceptors (Lipinski definition) is 5. The minimum atomic E-state index is -0.979. The number of anilines is 1. The Kier molecular flexibility index (Phi) is 6.38. The first kappa shape index (κ1) is 23.1. The summed E-state index contributed by atoms with van der Waals surface area (Å²) in [6.45, 7) is 0. The normalized spacial score (nSPS) is 17.1. The monoisotopic (exact) mass is 477 g/mol. The molecule has 0 aromatic heterocycles.